The van der Waals surface area contributed by atoms with E-state index in [0.29, 0.717) is 12.2 Å². The minimum Gasteiger partial charge on any atom is -0.372 e. The van der Waals surface area contributed by atoms with Crippen molar-refractivity contribution < 1.29 is 9.59 Å². The van der Waals surface area contributed by atoms with Crippen LogP contribution in [0.2, 0.25) is 0 Å². The highest BCUT2D eigenvalue weighted by molar-refractivity contribution is 6.06. The van der Waals surface area contributed by atoms with Gasteiger partial charge in [-0.2, -0.15) is 0 Å². The van der Waals surface area contributed by atoms with Gasteiger partial charge in [0, 0.05) is 25.9 Å². The molecule has 0 spiro atoms. The Balaban J connectivity index is 2.18. The van der Waals surface area contributed by atoms with Crippen molar-refractivity contribution in [3.63, 3.8) is 0 Å². The lowest BCUT2D eigenvalue weighted by molar-refractivity contribution is -0.136. The lowest BCUT2D eigenvalue weighted by Gasteiger charge is -2.13. The number of nitrogens with zero attached hydrogens (tertiary/aromatic N) is 2. The van der Waals surface area contributed by atoms with Gasteiger partial charge >= 0.3 is 0 Å². The summed E-state index contributed by atoms with van der Waals surface area (Å²) in [4.78, 5) is 35.6. The summed E-state index contributed by atoms with van der Waals surface area (Å²) >= 11 is 0. The maximum atomic E-state index is 11.7. The molecule has 1 aromatic rings. The van der Waals surface area contributed by atoms with Gasteiger partial charge in [0.15, 0.2) is 0 Å². The summed E-state index contributed by atoms with van der Waals surface area (Å²) in [5.41, 5.74) is 0.576. The highest BCUT2D eigenvalue weighted by Crippen LogP contribution is 2.16. The van der Waals surface area contributed by atoms with Crippen LogP contribution in [0.4, 0.5) is 5.69 Å². The number of likely N-dealkylation sites (N-methyl/N-ethyl adjacent to an activating group) is 1. The van der Waals surface area contributed by atoms with Gasteiger partial charge in [0.05, 0.1) is 12.1 Å². The zero-order chi connectivity index (χ0) is 13.3. The van der Waals surface area contributed by atoms with Gasteiger partial charge in [-0.1, -0.05) is 0 Å². The molecule has 2 rings (SSSR count). The van der Waals surface area contributed by atoms with Crippen LogP contribution in [-0.2, 0) is 16.1 Å². The fourth-order valence-corrected chi connectivity index (χ4v) is 1.93. The molecular formula is C12H15N3O3. The Bertz CT molecular complexity index is 550. The van der Waals surface area contributed by atoms with Gasteiger partial charge in [-0.05, 0) is 13.0 Å². The zero-order valence-corrected chi connectivity index (χ0v) is 10.3. The first-order valence-corrected chi connectivity index (χ1v) is 5.80. The van der Waals surface area contributed by atoms with Crippen LogP contribution < -0.4 is 10.9 Å². The second-order valence-electron chi connectivity index (χ2n) is 4.23. The van der Waals surface area contributed by atoms with E-state index in [4.69, 9.17) is 0 Å². The zero-order valence-electron chi connectivity index (χ0n) is 10.3. The Labute approximate surface area is 104 Å². The average molecular weight is 249 g/mol. The minimum atomic E-state index is -0.537. The van der Waals surface area contributed by atoms with Crippen molar-refractivity contribution in [3.8, 4) is 0 Å². The molecule has 96 valence electrons. The standard InChI is InChI=1S/C12H15N3O3/c1-3-15-7-8(4-5-10(15)16)13-9-6-11(17)14(2)12(9)18/h4-5,7,9,13H,3,6H2,1-2H3. The number of likely N-dealkylation sites (tertiary alicyclic amines) is 1. The highest BCUT2D eigenvalue weighted by atomic mass is 16.2. The molecule has 1 fully saturated rings. The van der Waals surface area contributed by atoms with Gasteiger partial charge in [-0.25, -0.2) is 0 Å². The maximum Gasteiger partial charge on any atom is 0.251 e. The fraction of sp³-hybridized carbons (Fsp3) is 0.417. The number of carbonyl (C=O) groups is 2. The molecule has 1 aliphatic rings. The van der Waals surface area contributed by atoms with Crippen molar-refractivity contribution >= 4 is 17.5 Å². The van der Waals surface area contributed by atoms with E-state index in [9.17, 15) is 14.4 Å². The molecular weight excluding hydrogens is 234 g/mol. The van der Waals surface area contributed by atoms with Crippen molar-refractivity contribution in [2.24, 2.45) is 0 Å². The van der Waals surface area contributed by atoms with E-state index in [-0.39, 0.29) is 23.8 Å². The molecule has 6 nitrogen and oxygen atoms in total. The number of rotatable bonds is 3. The van der Waals surface area contributed by atoms with Crippen molar-refractivity contribution in [2.75, 3.05) is 12.4 Å². The summed E-state index contributed by atoms with van der Waals surface area (Å²) in [6.45, 7) is 2.43. The van der Waals surface area contributed by atoms with Gasteiger partial charge in [-0.3, -0.25) is 19.3 Å². The topological polar surface area (TPSA) is 71.4 Å². The third-order valence-corrected chi connectivity index (χ3v) is 3.05. The highest BCUT2D eigenvalue weighted by Gasteiger charge is 2.35. The van der Waals surface area contributed by atoms with Crippen LogP contribution in [-0.4, -0.2) is 34.4 Å². The summed E-state index contributed by atoms with van der Waals surface area (Å²) in [6, 6.07) is 2.52. The smallest absolute Gasteiger partial charge is 0.251 e. The molecule has 0 aliphatic carbocycles. The van der Waals surface area contributed by atoms with E-state index in [1.54, 1.807) is 12.3 Å². The average Bonchev–Trinajstić information content (AvgIpc) is 2.59. The van der Waals surface area contributed by atoms with Crippen molar-refractivity contribution in [3.05, 3.63) is 28.7 Å². The number of hydrogen-bond acceptors (Lipinski definition) is 4. The number of pyridine rings is 1. The summed E-state index contributed by atoms with van der Waals surface area (Å²) in [6.07, 6.45) is 1.80. The van der Waals surface area contributed by atoms with E-state index in [1.165, 1.54) is 17.7 Å². The number of aromatic nitrogens is 1. The Morgan fingerprint density at radius 3 is 2.61 bits per heavy atom. The lowest BCUT2D eigenvalue weighted by Crippen LogP contribution is -2.32. The number of anilines is 1. The lowest BCUT2D eigenvalue weighted by atomic mass is 10.2. The Morgan fingerprint density at radius 2 is 2.06 bits per heavy atom. The molecule has 0 radical (unpaired) electrons. The molecule has 2 amide bonds. The van der Waals surface area contributed by atoms with E-state index in [2.05, 4.69) is 5.32 Å². The molecule has 2 heterocycles. The largest absolute Gasteiger partial charge is 0.372 e. The van der Waals surface area contributed by atoms with E-state index >= 15 is 0 Å². The molecule has 0 bridgehead atoms. The molecule has 1 atom stereocenters. The third kappa shape index (κ3) is 2.13. The van der Waals surface area contributed by atoms with Crippen molar-refractivity contribution in [1.82, 2.24) is 9.47 Å². The molecule has 1 N–H and O–H groups in total. The number of amides is 2. The number of carbonyl (C=O) groups excluding carboxylic acids is 2. The maximum absolute atomic E-state index is 11.7. The van der Waals surface area contributed by atoms with Crippen LogP contribution >= 0.6 is 0 Å². The second-order valence-corrected chi connectivity index (χ2v) is 4.23. The van der Waals surface area contributed by atoms with Crippen LogP contribution in [0.5, 0.6) is 0 Å². The van der Waals surface area contributed by atoms with Gasteiger partial charge in [0.25, 0.3) is 11.5 Å². The Morgan fingerprint density at radius 1 is 1.33 bits per heavy atom. The minimum absolute atomic E-state index is 0.0889. The molecule has 1 aromatic heterocycles. The molecule has 0 saturated carbocycles. The molecule has 1 saturated heterocycles. The number of hydrogen-bond donors (Lipinski definition) is 1. The molecule has 1 aliphatic heterocycles. The molecule has 6 heteroatoms. The third-order valence-electron chi connectivity index (χ3n) is 3.05. The SMILES string of the molecule is CCn1cc(NC2CC(=O)N(C)C2=O)ccc1=O. The molecule has 1 unspecified atom stereocenters. The quantitative estimate of drug-likeness (QED) is 0.768. The Kier molecular flexibility index (Phi) is 3.18. The summed E-state index contributed by atoms with van der Waals surface area (Å²) < 4.78 is 1.54. The predicted molar refractivity (Wildman–Crippen MR) is 66.2 cm³/mol. The first-order valence-electron chi connectivity index (χ1n) is 5.80. The van der Waals surface area contributed by atoms with Crippen molar-refractivity contribution in [2.45, 2.75) is 25.9 Å². The monoisotopic (exact) mass is 249 g/mol. The van der Waals surface area contributed by atoms with Crippen LogP contribution in [0.25, 0.3) is 0 Å². The number of nitrogens with one attached hydrogen (secondary N) is 1. The Hall–Kier alpha value is -2.11. The summed E-state index contributed by atoms with van der Waals surface area (Å²) in [5.74, 6) is -0.435. The summed E-state index contributed by atoms with van der Waals surface area (Å²) in [7, 11) is 1.47. The number of aryl methyl sites for hydroxylation is 1. The summed E-state index contributed by atoms with van der Waals surface area (Å²) in [5, 5.41) is 2.98. The van der Waals surface area contributed by atoms with Crippen LogP contribution in [0.3, 0.4) is 0 Å². The van der Waals surface area contributed by atoms with Gasteiger partial charge in [0.2, 0.25) is 5.91 Å². The van der Waals surface area contributed by atoms with Gasteiger partial charge in [-0.15, -0.1) is 0 Å². The van der Waals surface area contributed by atoms with E-state index < -0.39 is 6.04 Å². The molecule has 0 aromatic carbocycles. The van der Waals surface area contributed by atoms with Crippen LogP contribution in [0, 0.1) is 0 Å². The first kappa shape index (κ1) is 12.3. The predicted octanol–water partition coefficient (Wildman–Crippen LogP) is 0.0374. The second kappa shape index (κ2) is 4.64. The van der Waals surface area contributed by atoms with Crippen LogP contribution in [0.1, 0.15) is 13.3 Å². The molecule has 18 heavy (non-hydrogen) atoms. The first-order chi connectivity index (χ1) is 8.52. The van der Waals surface area contributed by atoms with Crippen molar-refractivity contribution in [1.29, 1.82) is 0 Å². The van der Waals surface area contributed by atoms with Gasteiger partial charge in [0.1, 0.15) is 6.04 Å². The van der Waals surface area contributed by atoms with E-state index in [0.717, 1.165) is 4.90 Å². The van der Waals surface area contributed by atoms with E-state index in [1.807, 2.05) is 6.92 Å². The van der Waals surface area contributed by atoms with Crippen LogP contribution in [0.15, 0.2) is 23.1 Å². The number of imide groups is 1. The fourth-order valence-electron chi connectivity index (χ4n) is 1.93. The van der Waals surface area contributed by atoms with Gasteiger partial charge < -0.3 is 9.88 Å². The normalized spacial score (nSPS) is 19.4.